The van der Waals surface area contributed by atoms with Gasteiger partial charge in [0.15, 0.2) is 0 Å². The molecule has 0 saturated carbocycles. The molecule has 92 valence electrons. The fourth-order valence-electron chi connectivity index (χ4n) is 2.16. The molecule has 1 fully saturated rings. The molecule has 0 bridgehead atoms. The average molecular weight is 227 g/mol. The Bertz CT molecular complexity index is 265. The summed E-state index contributed by atoms with van der Waals surface area (Å²) in [5.41, 5.74) is 0. The minimum absolute atomic E-state index is 0.117. The van der Waals surface area contributed by atoms with Gasteiger partial charge in [-0.05, 0) is 19.8 Å². The highest BCUT2D eigenvalue weighted by Gasteiger charge is 2.36. The molecule has 1 rings (SSSR count). The van der Waals surface area contributed by atoms with Crippen LogP contribution in [0.3, 0.4) is 0 Å². The average Bonchev–Trinajstić information content (AvgIpc) is 2.66. The minimum atomic E-state index is -0.441. The quantitative estimate of drug-likeness (QED) is 0.670. The summed E-state index contributed by atoms with van der Waals surface area (Å²) >= 11 is 0. The predicted molar refractivity (Wildman–Crippen MR) is 60.8 cm³/mol. The Kier molecular flexibility index (Phi) is 4.77. The molecule has 0 aromatic carbocycles. The zero-order valence-corrected chi connectivity index (χ0v) is 10.4. The Balaban J connectivity index is 2.53. The normalized spacial score (nSPS) is 22.3. The van der Waals surface area contributed by atoms with E-state index in [1.54, 1.807) is 11.8 Å². The zero-order chi connectivity index (χ0) is 12.1. The van der Waals surface area contributed by atoms with E-state index in [-0.39, 0.29) is 17.8 Å². The number of unbranched alkanes of at least 4 members (excludes halogenated alkanes) is 1. The van der Waals surface area contributed by atoms with E-state index in [1.165, 1.54) is 7.11 Å². The van der Waals surface area contributed by atoms with Crippen molar-refractivity contribution in [3.05, 3.63) is 0 Å². The summed E-state index contributed by atoms with van der Waals surface area (Å²) in [6.45, 7) is 4.53. The third-order valence-corrected chi connectivity index (χ3v) is 3.27. The molecule has 0 spiro atoms. The van der Waals surface area contributed by atoms with E-state index in [0.29, 0.717) is 6.54 Å². The summed E-state index contributed by atoms with van der Waals surface area (Å²) < 4.78 is 4.66. The molecule has 1 amide bonds. The van der Waals surface area contributed by atoms with Gasteiger partial charge in [0.2, 0.25) is 5.91 Å². The SMILES string of the molecule is CCCC[C@H]1CCN(C(C)C(=O)OC)C1=O. The third-order valence-electron chi connectivity index (χ3n) is 3.27. The predicted octanol–water partition coefficient (Wildman–Crippen LogP) is 1.59. The van der Waals surface area contributed by atoms with Crippen molar-refractivity contribution < 1.29 is 14.3 Å². The van der Waals surface area contributed by atoms with Crippen molar-refractivity contribution in [3.8, 4) is 0 Å². The largest absolute Gasteiger partial charge is 0.467 e. The molecule has 1 aliphatic rings. The minimum Gasteiger partial charge on any atom is -0.467 e. The lowest BCUT2D eigenvalue weighted by Gasteiger charge is -2.22. The molecule has 4 heteroatoms. The van der Waals surface area contributed by atoms with Crippen LogP contribution in [-0.4, -0.2) is 36.5 Å². The molecule has 0 aromatic rings. The van der Waals surface area contributed by atoms with E-state index < -0.39 is 6.04 Å². The topological polar surface area (TPSA) is 46.6 Å². The lowest BCUT2D eigenvalue weighted by molar-refractivity contribution is -0.151. The van der Waals surface area contributed by atoms with E-state index in [1.807, 2.05) is 0 Å². The highest BCUT2D eigenvalue weighted by Crippen LogP contribution is 2.25. The number of carbonyl (C=O) groups excluding carboxylic acids is 2. The van der Waals surface area contributed by atoms with Crippen molar-refractivity contribution in [2.24, 2.45) is 5.92 Å². The van der Waals surface area contributed by atoms with Crippen LogP contribution in [0.1, 0.15) is 39.5 Å². The maximum atomic E-state index is 12.0. The summed E-state index contributed by atoms with van der Waals surface area (Å²) in [6, 6.07) is -0.441. The highest BCUT2D eigenvalue weighted by atomic mass is 16.5. The lowest BCUT2D eigenvalue weighted by Crippen LogP contribution is -2.41. The molecule has 2 atom stereocenters. The number of hydrogen-bond donors (Lipinski definition) is 0. The van der Waals surface area contributed by atoms with Gasteiger partial charge in [-0.1, -0.05) is 19.8 Å². The second-order valence-corrected chi connectivity index (χ2v) is 4.36. The van der Waals surface area contributed by atoms with E-state index in [0.717, 1.165) is 25.7 Å². The molecule has 1 aliphatic heterocycles. The number of esters is 1. The van der Waals surface area contributed by atoms with Crippen molar-refractivity contribution in [2.75, 3.05) is 13.7 Å². The van der Waals surface area contributed by atoms with Gasteiger partial charge in [-0.15, -0.1) is 0 Å². The van der Waals surface area contributed by atoms with E-state index in [2.05, 4.69) is 11.7 Å². The van der Waals surface area contributed by atoms with E-state index in [4.69, 9.17) is 0 Å². The van der Waals surface area contributed by atoms with Crippen LogP contribution in [0.2, 0.25) is 0 Å². The Morgan fingerprint density at radius 1 is 1.62 bits per heavy atom. The summed E-state index contributed by atoms with van der Waals surface area (Å²) in [5, 5.41) is 0. The molecule has 0 aromatic heterocycles. The summed E-state index contributed by atoms with van der Waals surface area (Å²) in [5.74, 6) is -0.0945. The standard InChI is InChI=1S/C12H21NO3/c1-4-5-6-10-7-8-13(11(10)14)9(2)12(15)16-3/h9-10H,4-8H2,1-3H3/t9?,10-/m0/s1. The van der Waals surface area contributed by atoms with Gasteiger partial charge in [-0.25, -0.2) is 4.79 Å². The first-order valence-corrected chi connectivity index (χ1v) is 6.00. The van der Waals surface area contributed by atoms with Crippen LogP contribution in [0, 0.1) is 5.92 Å². The highest BCUT2D eigenvalue weighted by molar-refractivity contribution is 5.86. The molecule has 0 aliphatic carbocycles. The molecule has 1 saturated heterocycles. The number of hydrogen-bond acceptors (Lipinski definition) is 3. The smallest absolute Gasteiger partial charge is 0.328 e. The van der Waals surface area contributed by atoms with Crippen LogP contribution in [0.25, 0.3) is 0 Å². The number of likely N-dealkylation sites (tertiary alicyclic amines) is 1. The van der Waals surface area contributed by atoms with Gasteiger partial charge < -0.3 is 9.64 Å². The van der Waals surface area contributed by atoms with Crippen molar-refractivity contribution in [3.63, 3.8) is 0 Å². The first-order valence-electron chi connectivity index (χ1n) is 6.00. The van der Waals surface area contributed by atoms with Gasteiger partial charge in [0.25, 0.3) is 0 Å². The lowest BCUT2D eigenvalue weighted by atomic mass is 10.0. The number of methoxy groups -OCH3 is 1. The maximum Gasteiger partial charge on any atom is 0.328 e. The molecule has 0 radical (unpaired) electrons. The van der Waals surface area contributed by atoms with Crippen molar-refractivity contribution in [2.45, 2.75) is 45.6 Å². The number of amides is 1. The van der Waals surface area contributed by atoms with Gasteiger partial charge in [0.05, 0.1) is 7.11 Å². The second-order valence-electron chi connectivity index (χ2n) is 4.36. The van der Waals surface area contributed by atoms with Gasteiger partial charge in [-0.2, -0.15) is 0 Å². The van der Waals surface area contributed by atoms with Crippen LogP contribution in [-0.2, 0) is 14.3 Å². The van der Waals surface area contributed by atoms with E-state index in [9.17, 15) is 9.59 Å². The van der Waals surface area contributed by atoms with Gasteiger partial charge >= 0.3 is 5.97 Å². The summed E-state index contributed by atoms with van der Waals surface area (Å²) in [6.07, 6.45) is 4.01. The fourth-order valence-corrected chi connectivity index (χ4v) is 2.16. The van der Waals surface area contributed by atoms with Gasteiger partial charge in [0.1, 0.15) is 6.04 Å². The molecule has 0 N–H and O–H groups in total. The molecule has 4 nitrogen and oxygen atoms in total. The number of nitrogens with zero attached hydrogens (tertiary/aromatic N) is 1. The van der Waals surface area contributed by atoms with Crippen LogP contribution in [0.15, 0.2) is 0 Å². The van der Waals surface area contributed by atoms with Gasteiger partial charge in [0, 0.05) is 12.5 Å². The van der Waals surface area contributed by atoms with Crippen LogP contribution in [0.5, 0.6) is 0 Å². The summed E-state index contributed by atoms with van der Waals surface area (Å²) in [7, 11) is 1.36. The molecular weight excluding hydrogens is 206 g/mol. The fraction of sp³-hybridized carbons (Fsp3) is 0.833. The van der Waals surface area contributed by atoms with Crippen molar-refractivity contribution in [1.29, 1.82) is 0 Å². The zero-order valence-electron chi connectivity index (χ0n) is 10.4. The third kappa shape index (κ3) is 2.74. The van der Waals surface area contributed by atoms with E-state index >= 15 is 0 Å². The molecule has 1 unspecified atom stereocenters. The number of ether oxygens (including phenoxy) is 1. The first kappa shape index (κ1) is 13.0. The Morgan fingerprint density at radius 3 is 2.88 bits per heavy atom. The van der Waals surface area contributed by atoms with Crippen molar-refractivity contribution >= 4 is 11.9 Å². The molecular formula is C12H21NO3. The summed E-state index contributed by atoms with van der Waals surface area (Å²) in [4.78, 5) is 25.0. The Labute approximate surface area is 96.9 Å². The van der Waals surface area contributed by atoms with Crippen molar-refractivity contribution in [1.82, 2.24) is 4.90 Å². The Hall–Kier alpha value is -1.06. The van der Waals surface area contributed by atoms with Crippen LogP contribution >= 0.6 is 0 Å². The van der Waals surface area contributed by atoms with Crippen LogP contribution in [0.4, 0.5) is 0 Å². The Morgan fingerprint density at radius 2 is 2.31 bits per heavy atom. The number of rotatable bonds is 5. The maximum absolute atomic E-state index is 12.0. The molecule has 16 heavy (non-hydrogen) atoms. The monoisotopic (exact) mass is 227 g/mol. The van der Waals surface area contributed by atoms with Crippen LogP contribution < -0.4 is 0 Å². The molecule has 1 heterocycles. The van der Waals surface area contributed by atoms with Gasteiger partial charge in [-0.3, -0.25) is 4.79 Å². The number of carbonyl (C=O) groups is 2. The second kappa shape index (κ2) is 5.87. The first-order chi connectivity index (χ1) is 7.61.